The van der Waals surface area contributed by atoms with Crippen LogP contribution in [0.25, 0.3) is 12.2 Å². The number of rotatable bonds is 9. The average molecular weight is 739 g/mol. The van der Waals surface area contributed by atoms with Gasteiger partial charge in [-0.25, -0.2) is 4.90 Å². The number of carbonyl (C=O) groups excluding carboxylic acids is 4. The molecular formula is C45H42N2O8. The number of nitrogens with zero attached hydrogens (tertiary/aromatic N) is 2. The molecule has 4 amide bonds. The standard InChI is InChI=1S/C45H42N2O8/c1-5-55-37-13-9-12-33(40(37)48)39-31-21-22-32-38(34(31)25-35-42(50)47(44(52)45(35,39)2)28-10-7-6-8-11-28)43(51)46(41(32)49)29-18-15-26(16-19-29)14-17-27-24-30(53-3)20-23-36(27)54-4/h6-21,23-24,32,34-35,38-39,48H,5,22,25H2,1-4H3. The molecule has 10 nitrogen and oxygen atoms in total. The number of imide groups is 2. The number of benzene rings is 4. The third-order valence-electron chi connectivity index (χ3n) is 12.0. The Bertz CT molecular complexity index is 2260. The van der Waals surface area contributed by atoms with Crippen molar-refractivity contribution in [2.24, 2.45) is 29.1 Å². The van der Waals surface area contributed by atoms with Crippen LogP contribution >= 0.6 is 0 Å². The first-order chi connectivity index (χ1) is 26.6. The Balaban J connectivity index is 1.15. The number of carbonyl (C=O) groups is 4. The number of aromatic hydroxyl groups is 1. The highest BCUT2D eigenvalue weighted by Gasteiger charge is 2.68. The summed E-state index contributed by atoms with van der Waals surface area (Å²) in [5, 5.41) is 11.7. The van der Waals surface area contributed by atoms with Crippen LogP contribution in [-0.2, 0) is 19.2 Å². The molecular weight excluding hydrogens is 697 g/mol. The number of phenolic OH excluding ortho intramolecular Hbond substituents is 1. The lowest BCUT2D eigenvalue weighted by molar-refractivity contribution is -0.131. The molecule has 2 heterocycles. The lowest BCUT2D eigenvalue weighted by atomic mass is 9.51. The molecule has 10 heteroatoms. The Labute approximate surface area is 319 Å². The van der Waals surface area contributed by atoms with E-state index in [-0.39, 0.29) is 48.0 Å². The normalized spacial score (nSPS) is 25.8. The summed E-state index contributed by atoms with van der Waals surface area (Å²) >= 11 is 0. The molecule has 2 saturated heterocycles. The summed E-state index contributed by atoms with van der Waals surface area (Å²) in [6.07, 6.45) is 6.30. The van der Waals surface area contributed by atoms with Gasteiger partial charge >= 0.3 is 0 Å². The van der Waals surface area contributed by atoms with E-state index < -0.39 is 35.0 Å². The van der Waals surface area contributed by atoms with Gasteiger partial charge in [-0.2, -0.15) is 0 Å². The van der Waals surface area contributed by atoms with Crippen molar-refractivity contribution in [3.8, 4) is 23.0 Å². The SMILES string of the molecule is CCOc1cccc(C2C3=CCC4C(=O)N(c5ccc(C=Cc6cc(OC)ccc6OC)cc5)C(=O)C4C3CC3C(=O)N(c4ccccc4)C(=O)C32C)c1O. The van der Waals surface area contributed by atoms with Crippen LogP contribution < -0.4 is 24.0 Å². The maximum atomic E-state index is 14.7. The topological polar surface area (TPSA) is 123 Å². The van der Waals surface area contributed by atoms with Crippen molar-refractivity contribution in [3.63, 3.8) is 0 Å². The van der Waals surface area contributed by atoms with Gasteiger partial charge in [0.2, 0.25) is 23.6 Å². The molecule has 55 heavy (non-hydrogen) atoms. The lowest BCUT2D eigenvalue weighted by Crippen LogP contribution is -2.48. The molecule has 0 radical (unpaired) electrons. The summed E-state index contributed by atoms with van der Waals surface area (Å²) in [5.41, 5.74) is 2.57. The minimum Gasteiger partial charge on any atom is -0.504 e. The van der Waals surface area contributed by atoms with Gasteiger partial charge in [0.05, 0.1) is 55.4 Å². The van der Waals surface area contributed by atoms with Crippen LogP contribution in [-0.4, -0.2) is 49.6 Å². The van der Waals surface area contributed by atoms with Gasteiger partial charge < -0.3 is 19.3 Å². The van der Waals surface area contributed by atoms with Crippen molar-refractivity contribution in [2.45, 2.75) is 32.6 Å². The van der Waals surface area contributed by atoms with E-state index in [1.165, 1.54) is 9.80 Å². The summed E-state index contributed by atoms with van der Waals surface area (Å²) in [6.45, 7) is 3.94. The van der Waals surface area contributed by atoms with E-state index in [0.717, 1.165) is 16.7 Å². The number of hydrogen-bond donors (Lipinski definition) is 1. The maximum absolute atomic E-state index is 14.7. The fourth-order valence-electron chi connectivity index (χ4n) is 9.37. The van der Waals surface area contributed by atoms with Crippen molar-refractivity contribution in [3.05, 3.63) is 119 Å². The van der Waals surface area contributed by atoms with Crippen molar-refractivity contribution >= 4 is 47.2 Å². The number of methoxy groups -OCH3 is 2. The number of phenols is 1. The number of anilines is 2. The van der Waals surface area contributed by atoms with Crippen LogP contribution in [0.5, 0.6) is 23.0 Å². The number of hydrogen-bond acceptors (Lipinski definition) is 8. The first kappa shape index (κ1) is 35.8. The van der Waals surface area contributed by atoms with Crippen molar-refractivity contribution in [1.29, 1.82) is 0 Å². The fourth-order valence-corrected chi connectivity index (χ4v) is 9.37. The Kier molecular flexibility index (Phi) is 9.07. The zero-order valence-corrected chi connectivity index (χ0v) is 31.1. The molecule has 2 aliphatic heterocycles. The van der Waals surface area contributed by atoms with E-state index >= 15 is 0 Å². The summed E-state index contributed by atoms with van der Waals surface area (Å²) in [4.78, 5) is 60.4. The van der Waals surface area contributed by atoms with Gasteiger partial charge in [0.1, 0.15) is 11.5 Å². The van der Waals surface area contributed by atoms with Crippen LogP contribution in [0.3, 0.4) is 0 Å². The molecule has 0 aromatic heterocycles. The molecule has 2 aliphatic carbocycles. The van der Waals surface area contributed by atoms with Crippen molar-refractivity contribution in [2.75, 3.05) is 30.6 Å². The van der Waals surface area contributed by atoms with Gasteiger partial charge in [-0.1, -0.05) is 66.3 Å². The van der Waals surface area contributed by atoms with Gasteiger partial charge in [-0.05, 0) is 86.7 Å². The smallest absolute Gasteiger partial charge is 0.241 e. The van der Waals surface area contributed by atoms with E-state index in [2.05, 4.69) is 0 Å². The van der Waals surface area contributed by atoms with E-state index in [9.17, 15) is 24.3 Å². The molecule has 4 aromatic rings. The minimum absolute atomic E-state index is 0.106. The number of ether oxygens (including phenoxy) is 3. The van der Waals surface area contributed by atoms with Gasteiger partial charge in [-0.15, -0.1) is 0 Å². The largest absolute Gasteiger partial charge is 0.504 e. The molecule has 280 valence electrons. The van der Waals surface area contributed by atoms with Gasteiger partial charge in [0, 0.05) is 17.0 Å². The predicted octanol–water partition coefficient (Wildman–Crippen LogP) is 7.41. The van der Waals surface area contributed by atoms with E-state index in [0.29, 0.717) is 35.0 Å². The Hall–Kier alpha value is -6.16. The number of para-hydroxylation sites is 2. The molecule has 0 bridgehead atoms. The van der Waals surface area contributed by atoms with Gasteiger partial charge in [0.25, 0.3) is 0 Å². The summed E-state index contributed by atoms with van der Waals surface area (Å²) < 4.78 is 16.6. The number of amides is 4. The highest BCUT2D eigenvalue weighted by Crippen LogP contribution is 2.65. The van der Waals surface area contributed by atoms with Crippen LogP contribution in [0.4, 0.5) is 11.4 Å². The molecule has 1 saturated carbocycles. The quantitative estimate of drug-likeness (QED) is 0.107. The molecule has 8 rings (SSSR count). The Morgan fingerprint density at radius 2 is 1.53 bits per heavy atom. The van der Waals surface area contributed by atoms with E-state index in [1.807, 2.05) is 61.5 Å². The molecule has 6 atom stereocenters. The highest BCUT2D eigenvalue weighted by atomic mass is 16.5. The third-order valence-corrected chi connectivity index (χ3v) is 12.0. The van der Waals surface area contributed by atoms with E-state index in [1.54, 1.807) is 75.7 Å². The molecule has 4 aromatic carbocycles. The first-order valence-electron chi connectivity index (χ1n) is 18.6. The molecule has 4 aliphatic rings. The van der Waals surface area contributed by atoms with Crippen LogP contribution in [0.2, 0.25) is 0 Å². The molecule has 1 N–H and O–H groups in total. The zero-order valence-electron chi connectivity index (χ0n) is 31.1. The Morgan fingerprint density at radius 1 is 0.782 bits per heavy atom. The zero-order chi connectivity index (χ0) is 38.6. The fraction of sp³-hybridized carbons (Fsp3) is 0.289. The minimum atomic E-state index is -1.28. The van der Waals surface area contributed by atoms with E-state index in [4.69, 9.17) is 14.2 Å². The summed E-state index contributed by atoms with van der Waals surface area (Å²) in [5.74, 6) is -3.25. The highest BCUT2D eigenvalue weighted by molar-refractivity contribution is 6.25. The van der Waals surface area contributed by atoms with Crippen LogP contribution in [0.1, 0.15) is 49.3 Å². The second-order valence-corrected chi connectivity index (χ2v) is 14.7. The maximum Gasteiger partial charge on any atom is 0.241 e. The average Bonchev–Trinajstić information content (AvgIpc) is 3.57. The number of allylic oxidation sites excluding steroid dienone is 2. The molecule has 0 spiro atoms. The lowest BCUT2D eigenvalue weighted by Gasteiger charge is -2.49. The first-order valence-corrected chi connectivity index (χ1v) is 18.6. The second kappa shape index (κ2) is 13.9. The third kappa shape index (κ3) is 5.61. The predicted molar refractivity (Wildman–Crippen MR) is 208 cm³/mol. The number of fused-ring (bicyclic) bond motifs is 4. The monoisotopic (exact) mass is 738 g/mol. The van der Waals surface area contributed by atoms with Crippen LogP contribution in [0, 0.1) is 29.1 Å². The molecule has 6 unspecified atom stereocenters. The van der Waals surface area contributed by atoms with Crippen molar-refractivity contribution < 1.29 is 38.5 Å². The van der Waals surface area contributed by atoms with Crippen molar-refractivity contribution in [1.82, 2.24) is 0 Å². The summed E-state index contributed by atoms with van der Waals surface area (Å²) in [7, 11) is 3.21. The van der Waals surface area contributed by atoms with Gasteiger partial charge in [0.15, 0.2) is 11.5 Å². The Morgan fingerprint density at radius 3 is 2.24 bits per heavy atom. The van der Waals surface area contributed by atoms with Crippen LogP contribution in [0.15, 0.2) is 103 Å². The molecule has 3 fully saturated rings. The summed E-state index contributed by atoms with van der Waals surface area (Å²) in [6, 6.07) is 26.8. The second-order valence-electron chi connectivity index (χ2n) is 14.7. The van der Waals surface area contributed by atoms with Gasteiger partial charge in [-0.3, -0.25) is 24.1 Å².